The topological polar surface area (TPSA) is 92.5 Å². The second-order valence-electron chi connectivity index (χ2n) is 4.19. The van der Waals surface area contributed by atoms with Gasteiger partial charge in [0.25, 0.3) is 5.69 Å². The van der Waals surface area contributed by atoms with Crippen LogP contribution < -0.4 is 5.32 Å². The molecule has 0 saturated carbocycles. The van der Waals surface area contributed by atoms with Gasteiger partial charge in [0.2, 0.25) is 5.91 Å². The quantitative estimate of drug-likeness (QED) is 0.390. The summed E-state index contributed by atoms with van der Waals surface area (Å²) in [7, 11) is 0. The van der Waals surface area contributed by atoms with Crippen LogP contribution in [0.2, 0.25) is 0 Å². The minimum absolute atomic E-state index is 0.00749. The van der Waals surface area contributed by atoms with Gasteiger partial charge in [0.15, 0.2) is 0 Å². The van der Waals surface area contributed by atoms with Crippen molar-refractivity contribution in [3.8, 4) is 5.75 Å². The number of anilines is 1. The number of non-ortho nitro benzene ring substituents is 1. The van der Waals surface area contributed by atoms with Crippen LogP contribution in [0.3, 0.4) is 0 Å². The zero-order valence-electron chi connectivity index (χ0n) is 10.9. The van der Waals surface area contributed by atoms with E-state index in [0.717, 1.165) is 23.8 Å². The molecule has 0 spiro atoms. The van der Waals surface area contributed by atoms with Crippen molar-refractivity contribution >= 4 is 23.4 Å². The summed E-state index contributed by atoms with van der Waals surface area (Å²) in [6.45, 7) is 0. The molecule has 106 valence electrons. The molecule has 0 radical (unpaired) electrons. The lowest BCUT2D eigenvalue weighted by atomic mass is 10.2. The van der Waals surface area contributed by atoms with E-state index in [1.807, 2.05) is 30.3 Å². The zero-order valence-corrected chi connectivity index (χ0v) is 10.9. The fourth-order valence-corrected chi connectivity index (χ4v) is 1.65. The molecule has 2 N–H and O–H groups in total. The first kappa shape index (κ1) is 14.3. The molecular formula is C15H12N2O4. The smallest absolute Gasteiger partial charge is 0.271 e. The highest BCUT2D eigenvalue weighted by Crippen LogP contribution is 2.27. The van der Waals surface area contributed by atoms with Gasteiger partial charge in [-0.2, -0.15) is 0 Å². The molecule has 0 aromatic heterocycles. The van der Waals surface area contributed by atoms with Gasteiger partial charge in [0.1, 0.15) is 5.75 Å². The third-order valence-electron chi connectivity index (χ3n) is 2.68. The average molecular weight is 284 g/mol. The van der Waals surface area contributed by atoms with Crippen LogP contribution in [0.15, 0.2) is 54.6 Å². The number of nitro benzene ring substituents is 1. The van der Waals surface area contributed by atoms with Crippen LogP contribution in [0, 0.1) is 10.1 Å². The Morgan fingerprint density at radius 3 is 2.57 bits per heavy atom. The average Bonchev–Trinajstić information content (AvgIpc) is 2.48. The van der Waals surface area contributed by atoms with E-state index in [2.05, 4.69) is 5.32 Å². The van der Waals surface area contributed by atoms with Crippen molar-refractivity contribution in [1.82, 2.24) is 0 Å². The number of nitrogens with one attached hydrogen (secondary N) is 1. The first-order chi connectivity index (χ1) is 10.1. The van der Waals surface area contributed by atoms with Crippen molar-refractivity contribution in [2.24, 2.45) is 0 Å². The number of phenolic OH excluding ortho intramolecular Hbond substituents is 1. The Balaban J connectivity index is 2.11. The molecule has 2 rings (SSSR count). The summed E-state index contributed by atoms with van der Waals surface area (Å²) in [5, 5.41) is 22.6. The molecule has 0 aliphatic carbocycles. The Labute approximate surface area is 120 Å². The molecule has 0 heterocycles. The molecule has 0 atom stereocenters. The van der Waals surface area contributed by atoms with Gasteiger partial charge < -0.3 is 10.4 Å². The molecule has 0 bridgehead atoms. The maximum atomic E-state index is 11.7. The van der Waals surface area contributed by atoms with E-state index >= 15 is 0 Å². The van der Waals surface area contributed by atoms with Crippen LogP contribution in [0.4, 0.5) is 11.4 Å². The predicted octanol–water partition coefficient (Wildman–Crippen LogP) is 2.95. The van der Waals surface area contributed by atoms with Crippen molar-refractivity contribution in [3.63, 3.8) is 0 Å². The lowest BCUT2D eigenvalue weighted by Crippen LogP contribution is -2.08. The number of benzene rings is 2. The van der Waals surface area contributed by atoms with Gasteiger partial charge in [-0.3, -0.25) is 14.9 Å². The van der Waals surface area contributed by atoms with Gasteiger partial charge in [-0.15, -0.1) is 0 Å². The number of aromatic hydroxyl groups is 1. The van der Waals surface area contributed by atoms with E-state index in [-0.39, 0.29) is 17.1 Å². The van der Waals surface area contributed by atoms with Crippen molar-refractivity contribution in [2.45, 2.75) is 0 Å². The maximum Gasteiger partial charge on any atom is 0.271 e. The van der Waals surface area contributed by atoms with Gasteiger partial charge in [0, 0.05) is 18.2 Å². The normalized spacial score (nSPS) is 10.5. The van der Waals surface area contributed by atoms with Crippen LogP contribution in [0.5, 0.6) is 5.75 Å². The molecule has 0 saturated heterocycles. The van der Waals surface area contributed by atoms with Crippen LogP contribution >= 0.6 is 0 Å². The molecule has 2 aromatic rings. The minimum Gasteiger partial charge on any atom is -0.506 e. The summed E-state index contributed by atoms with van der Waals surface area (Å²) < 4.78 is 0. The van der Waals surface area contributed by atoms with Gasteiger partial charge in [-0.1, -0.05) is 30.3 Å². The van der Waals surface area contributed by atoms with Gasteiger partial charge in [-0.05, 0) is 17.7 Å². The summed E-state index contributed by atoms with van der Waals surface area (Å²) in [6.07, 6.45) is 2.89. The summed E-state index contributed by atoms with van der Waals surface area (Å²) >= 11 is 0. The second-order valence-corrected chi connectivity index (χ2v) is 4.19. The van der Waals surface area contributed by atoms with Crippen LogP contribution in [-0.4, -0.2) is 15.9 Å². The summed E-state index contributed by atoms with van der Waals surface area (Å²) in [5.74, 6) is -0.725. The lowest BCUT2D eigenvalue weighted by molar-refractivity contribution is -0.384. The number of nitrogens with zero attached hydrogens (tertiary/aromatic N) is 1. The van der Waals surface area contributed by atoms with Crippen LogP contribution in [0.25, 0.3) is 6.08 Å². The molecule has 0 unspecified atom stereocenters. The number of hydrogen-bond donors (Lipinski definition) is 2. The SMILES string of the molecule is O=C(/C=C\c1ccccc1)Nc1cc([N+](=O)[O-])ccc1O. The number of hydrogen-bond acceptors (Lipinski definition) is 4. The highest BCUT2D eigenvalue weighted by molar-refractivity contribution is 6.02. The molecule has 1 amide bonds. The number of nitro groups is 1. The number of phenols is 1. The van der Waals surface area contributed by atoms with E-state index < -0.39 is 10.8 Å². The molecule has 6 nitrogen and oxygen atoms in total. The molecule has 0 fully saturated rings. The van der Waals surface area contributed by atoms with Crippen LogP contribution in [-0.2, 0) is 4.79 Å². The summed E-state index contributed by atoms with van der Waals surface area (Å²) in [5.41, 5.74) is 0.623. The first-order valence-electron chi connectivity index (χ1n) is 6.08. The van der Waals surface area contributed by atoms with Crippen molar-refractivity contribution in [3.05, 3.63) is 70.3 Å². The Morgan fingerprint density at radius 2 is 1.90 bits per heavy atom. The number of amides is 1. The maximum absolute atomic E-state index is 11.7. The largest absolute Gasteiger partial charge is 0.506 e. The van der Waals surface area contributed by atoms with Gasteiger partial charge in [-0.25, -0.2) is 0 Å². The van der Waals surface area contributed by atoms with E-state index in [0.29, 0.717) is 0 Å². The first-order valence-corrected chi connectivity index (χ1v) is 6.08. The molecule has 6 heteroatoms. The molecule has 0 aliphatic heterocycles. The van der Waals surface area contributed by atoms with Crippen LogP contribution in [0.1, 0.15) is 5.56 Å². The monoisotopic (exact) mass is 284 g/mol. The highest BCUT2D eigenvalue weighted by Gasteiger charge is 2.11. The van der Waals surface area contributed by atoms with Crippen molar-refractivity contribution < 1.29 is 14.8 Å². The number of carbonyl (C=O) groups excluding carboxylic acids is 1. The highest BCUT2D eigenvalue weighted by atomic mass is 16.6. The number of carbonyl (C=O) groups is 1. The van der Waals surface area contributed by atoms with E-state index in [9.17, 15) is 20.0 Å². The van der Waals surface area contributed by atoms with E-state index in [4.69, 9.17) is 0 Å². The number of rotatable bonds is 4. The fourth-order valence-electron chi connectivity index (χ4n) is 1.65. The third kappa shape index (κ3) is 3.90. The Hall–Kier alpha value is -3.15. The van der Waals surface area contributed by atoms with Crippen molar-refractivity contribution in [2.75, 3.05) is 5.32 Å². The standard InChI is InChI=1S/C15H12N2O4/c18-14-8-7-12(17(20)21)10-13(14)16-15(19)9-6-11-4-2-1-3-5-11/h1-10,18H,(H,16,19)/b9-6-. The Kier molecular flexibility index (Phi) is 4.30. The van der Waals surface area contributed by atoms with E-state index in [1.165, 1.54) is 6.08 Å². The molecule has 2 aromatic carbocycles. The molecule has 21 heavy (non-hydrogen) atoms. The van der Waals surface area contributed by atoms with E-state index in [1.54, 1.807) is 6.08 Å². The minimum atomic E-state index is -0.602. The molecular weight excluding hydrogens is 272 g/mol. The lowest BCUT2D eigenvalue weighted by Gasteiger charge is -2.04. The Bertz CT molecular complexity index is 696. The second kappa shape index (κ2) is 6.33. The predicted molar refractivity (Wildman–Crippen MR) is 78.9 cm³/mol. The summed E-state index contributed by atoms with van der Waals surface area (Å²) in [6, 6.07) is 12.6. The van der Waals surface area contributed by atoms with Crippen molar-refractivity contribution in [1.29, 1.82) is 0 Å². The Morgan fingerprint density at radius 1 is 1.19 bits per heavy atom. The van der Waals surface area contributed by atoms with Gasteiger partial charge >= 0.3 is 0 Å². The fraction of sp³-hybridized carbons (Fsp3) is 0. The summed E-state index contributed by atoms with van der Waals surface area (Å²) in [4.78, 5) is 21.8. The van der Waals surface area contributed by atoms with Gasteiger partial charge in [0.05, 0.1) is 10.6 Å². The third-order valence-corrected chi connectivity index (χ3v) is 2.68. The molecule has 0 aliphatic rings. The zero-order chi connectivity index (χ0) is 15.2.